The molecule has 1 heterocycles. The third-order valence-corrected chi connectivity index (χ3v) is 3.77. The molecular formula is C11H19NO3. The highest BCUT2D eigenvalue weighted by molar-refractivity contribution is 5.73. The first-order valence-electron chi connectivity index (χ1n) is 5.73. The average Bonchev–Trinajstić information content (AvgIpc) is 2.29. The lowest BCUT2D eigenvalue weighted by Crippen LogP contribution is -2.56. The van der Waals surface area contributed by atoms with E-state index in [1.807, 2.05) is 0 Å². The fraction of sp³-hybridized carbons (Fsp3) is 0.909. The summed E-state index contributed by atoms with van der Waals surface area (Å²) in [6, 6.07) is 0.0941. The first kappa shape index (κ1) is 10.9. The summed E-state index contributed by atoms with van der Waals surface area (Å²) in [6.07, 6.45) is 3.56. The maximum atomic E-state index is 11.4. The van der Waals surface area contributed by atoms with Gasteiger partial charge in [-0.05, 0) is 38.1 Å². The van der Waals surface area contributed by atoms with Crippen molar-refractivity contribution in [2.75, 3.05) is 13.7 Å². The molecule has 0 radical (unpaired) electrons. The van der Waals surface area contributed by atoms with Crippen LogP contribution in [0.1, 0.15) is 25.7 Å². The van der Waals surface area contributed by atoms with Crippen LogP contribution in [0.4, 0.5) is 0 Å². The highest BCUT2D eigenvalue weighted by Crippen LogP contribution is 2.34. The van der Waals surface area contributed by atoms with Gasteiger partial charge >= 0.3 is 5.97 Å². The molecule has 2 rings (SSSR count). The van der Waals surface area contributed by atoms with Gasteiger partial charge in [0.15, 0.2) is 0 Å². The molecular weight excluding hydrogens is 194 g/mol. The van der Waals surface area contributed by atoms with E-state index < -0.39 is 6.10 Å². The predicted octanol–water partition coefficient (Wildman–Crippen LogP) is 0.298. The molecule has 4 atom stereocenters. The van der Waals surface area contributed by atoms with Crippen LogP contribution in [0.5, 0.6) is 0 Å². The van der Waals surface area contributed by atoms with E-state index in [0.717, 1.165) is 19.4 Å². The number of aliphatic hydroxyl groups excluding tert-OH is 1. The van der Waals surface area contributed by atoms with E-state index in [4.69, 9.17) is 4.74 Å². The van der Waals surface area contributed by atoms with Crippen LogP contribution in [-0.4, -0.2) is 36.9 Å². The molecule has 4 nitrogen and oxygen atoms in total. The van der Waals surface area contributed by atoms with Crippen molar-refractivity contribution in [3.63, 3.8) is 0 Å². The first-order chi connectivity index (χ1) is 7.24. The number of nitrogens with one attached hydrogen (secondary N) is 1. The van der Waals surface area contributed by atoms with Gasteiger partial charge in [0.1, 0.15) is 0 Å². The van der Waals surface area contributed by atoms with Crippen LogP contribution in [0.25, 0.3) is 0 Å². The molecule has 1 saturated heterocycles. The number of aliphatic hydroxyl groups is 1. The molecule has 0 amide bonds. The van der Waals surface area contributed by atoms with Crippen molar-refractivity contribution < 1.29 is 14.6 Å². The molecule has 1 aliphatic heterocycles. The lowest BCUT2D eigenvalue weighted by molar-refractivity contribution is -0.153. The fourth-order valence-electron chi connectivity index (χ4n) is 2.93. The second kappa shape index (κ2) is 4.49. The van der Waals surface area contributed by atoms with Crippen molar-refractivity contribution >= 4 is 5.97 Å². The predicted molar refractivity (Wildman–Crippen MR) is 55.3 cm³/mol. The number of carbonyl (C=O) groups is 1. The fourth-order valence-corrected chi connectivity index (χ4v) is 2.93. The summed E-state index contributed by atoms with van der Waals surface area (Å²) in [7, 11) is 1.38. The summed E-state index contributed by atoms with van der Waals surface area (Å²) >= 11 is 0. The summed E-state index contributed by atoms with van der Waals surface area (Å²) in [4.78, 5) is 11.4. The van der Waals surface area contributed by atoms with Gasteiger partial charge in [-0.2, -0.15) is 0 Å². The van der Waals surface area contributed by atoms with Crippen molar-refractivity contribution in [1.82, 2.24) is 5.32 Å². The molecule has 2 aliphatic rings. The number of hydrogen-bond donors (Lipinski definition) is 2. The highest BCUT2D eigenvalue weighted by atomic mass is 16.5. The van der Waals surface area contributed by atoms with Crippen LogP contribution < -0.4 is 5.32 Å². The Morgan fingerprint density at radius 2 is 2.20 bits per heavy atom. The van der Waals surface area contributed by atoms with E-state index in [2.05, 4.69) is 5.32 Å². The molecule has 0 aromatic carbocycles. The molecule has 0 bridgehead atoms. The molecule has 4 unspecified atom stereocenters. The Balaban J connectivity index is 2.04. The van der Waals surface area contributed by atoms with Gasteiger partial charge in [0.25, 0.3) is 0 Å². The normalized spacial score (nSPS) is 40.7. The van der Waals surface area contributed by atoms with Gasteiger partial charge < -0.3 is 15.2 Å². The Bertz CT molecular complexity index is 244. The number of carbonyl (C=O) groups excluding carboxylic acids is 1. The minimum absolute atomic E-state index is 0.0941. The van der Waals surface area contributed by atoms with Crippen molar-refractivity contribution in [2.45, 2.75) is 37.8 Å². The summed E-state index contributed by atoms with van der Waals surface area (Å²) in [5.74, 6) is -0.0650. The molecule has 0 spiro atoms. The summed E-state index contributed by atoms with van der Waals surface area (Å²) in [6.45, 7) is 0.951. The topological polar surface area (TPSA) is 58.6 Å². The zero-order valence-corrected chi connectivity index (χ0v) is 9.11. The van der Waals surface area contributed by atoms with Gasteiger partial charge in [0.05, 0.1) is 19.1 Å². The monoisotopic (exact) mass is 213 g/mol. The van der Waals surface area contributed by atoms with Crippen molar-refractivity contribution in [1.29, 1.82) is 0 Å². The Hall–Kier alpha value is -0.610. The van der Waals surface area contributed by atoms with E-state index in [0.29, 0.717) is 5.92 Å². The van der Waals surface area contributed by atoms with Crippen molar-refractivity contribution in [3.05, 3.63) is 0 Å². The van der Waals surface area contributed by atoms with Gasteiger partial charge in [-0.1, -0.05) is 0 Å². The number of fused-ring (bicyclic) bond motifs is 1. The molecule has 86 valence electrons. The number of methoxy groups -OCH3 is 1. The first-order valence-corrected chi connectivity index (χ1v) is 5.73. The summed E-state index contributed by atoms with van der Waals surface area (Å²) < 4.78 is 4.71. The van der Waals surface area contributed by atoms with Crippen LogP contribution in [0.15, 0.2) is 0 Å². The van der Waals surface area contributed by atoms with E-state index in [-0.39, 0.29) is 17.9 Å². The smallest absolute Gasteiger partial charge is 0.311 e. The molecule has 1 saturated carbocycles. The van der Waals surface area contributed by atoms with Gasteiger partial charge in [-0.25, -0.2) is 0 Å². The molecule has 2 fully saturated rings. The third kappa shape index (κ3) is 2.01. The molecule has 4 heteroatoms. The quantitative estimate of drug-likeness (QED) is 0.615. The average molecular weight is 213 g/mol. The highest BCUT2D eigenvalue weighted by Gasteiger charge is 2.42. The van der Waals surface area contributed by atoms with Crippen molar-refractivity contribution in [3.8, 4) is 0 Å². The van der Waals surface area contributed by atoms with Crippen LogP contribution in [0, 0.1) is 11.8 Å². The van der Waals surface area contributed by atoms with Gasteiger partial charge in [-0.3, -0.25) is 4.79 Å². The molecule has 0 aromatic heterocycles. The standard InChI is InChI=1S/C11H19NO3/c1-15-11(14)8-5-4-7-3-2-6-12-9(7)10(8)13/h7-10,12-13H,2-6H2,1H3. The molecule has 2 N–H and O–H groups in total. The third-order valence-electron chi connectivity index (χ3n) is 3.77. The SMILES string of the molecule is COC(=O)C1CCC2CCCNC2C1O. The summed E-state index contributed by atoms with van der Waals surface area (Å²) in [5, 5.41) is 13.4. The zero-order chi connectivity index (χ0) is 10.8. The van der Waals surface area contributed by atoms with Crippen LogP contribution in [0.3, 0.4) is 0 Å². The minimum atomic E-state index is -0.573. The molecule has 1 aliphatic carbocycles. The van der Waals surface area contributed by atoms with E-state index in [1.54, 1.807) is 0 Å². The maximum absolute atomic E-state index is 11.4. The molecule has 15 heavy (non-hydrogen) atoms. The largest absolute Gasteiger partial charge is 0.469 e. The van der Waals surface area contributed by atoms with Crippen LogP contribution >= 0.6 is 0 Å². The Morgan fingerprint density at radius 3 is 2.93 bits per heavy atom. The number of ether oxygens (including phenoxy) is 1. The number of rotatable bonds is 1. The van der Waals surface area contributed by atoms with E-state index in [1.165, 1.54) is 20.0 Å². The number of piperidine rings is 1. The Kier molecular flexibility index (Phi) is 3.26. The minimum Gasteiger partial charge on any atom is -0.469 e. The summed E-state index contributed by atoms with van der Waals surface area (Å²) in [5.41, 5.74) is 0. The maximum Gasteiger partial charge on any atom is 0.311 e. The lowest BCUT2D eigenvalue weighted by Gasteiger charge is -2.42. The number of esters is 1. The van der Waals surface area contributed by atoms with Crippen LogP contribution in [-0.2, 0) is 9.53 Å². The molecule has 0 aromatic rings. The van der Waals surface area contributed by atoms with Crippen LogP contribution in [0.2, 0.25) is 0 Å². The second-order valence-corrected chi connectivity index (χ2v) is 4.58. The Labute approximate surface area is 90.0 Å². The van der Waals surface area contributed by atoms with E-state index >= 15 is 0 Å². The van der Waals surface area contributed by atoms with Crippen molar-refractivity contribution in [2.24, 2.45) is 11.8 Å². The Morgan fingerprint density at radius 1 is 1.40 bits per heavy atom. The van der Waals surface area contributed by atoms with E-state index in [9.17, 15) is 9.90 Å². The second-order valence-electron chi connectivity index (χ2n) is 4.58. The zero-order valence-electron chi connectivity index (χ0n) is 9.11. The van der Waals surface area contributed by atoms with Gasteiger partial charge in [0, 0.05) is 6.04 Å². The van der Waals surface area contributed by atoms with Gasteiger partial charge in [-0.15, -0.1) is 0 Å². The number of hydrogen-bond acceptors (Lipinski definition) is 4. The lowest BCUT2D eigenvalue weighted by atomic mass is 9.73. The van der Waals surface area contributed by atoms with Gasteiger partial charge in [0.2, 0.25) is 0 Å².